The summed E-state index contributed by atoms with van der Waals surface area (Å²) in [6, 6.07) is 7.88. The van der Waals surface area contributed by atoms with Crippen LogP contribution in [0.5, 0.6) is 5.75 Å². The van der Waals surface area contributed by atoms with Crippen molar-refractivity contribution in [3.63, 3.8) is 0 Å². The van der Waals surface area contributed by atoms with Crippen molar-refractivity contribution in [3.8, 4) is 5.75 Å². The Bertz CT molecular complexity index is 698. The molecule has 114 valence electrons. The van der Waals surface area contributed by atoms with Gasteiger partial charge in [0.1, 0.15) is 5.75 Å². The third-order valence-electron chi connectivity index (χ3n) is 2.54. The van der Waals surface area contributed by atoms with Gasteiger partial charge in [-0.25, -0.2) is 5.43 Å². The fourth-order valence-electron chi connectivity index (χ4n) is 1.50. The molecule has 0 bridgehead atoms. The fourth-order valence-corrected chi connectivity index (χ4v) is 1.88. The fraction of sp³-hybridized carbons (Fsp3) is 0.0714. The largest absolute Gasteiger partial charge is 0.507 e. The van der Waals surface area contributed by atoms with E-state index in [9.17, 15) is 14.7 Å². The molecule has 0 radical (unpaired) electrons. The van der Waals surface area contributed by atoms with Crippen molar-refractivity contribution in [3.05, 3.63) is 52.4 Å². The summed E-state index contributed by atoms with van der Waals surface area (Å²) in [5.41, 5.74) is 2.68. The highest BCUT2D eigenvalue weighted by Crippen LogP contribution is 2.19. The first-order valence-corrected chi connectivity index (χ1v) is 6.97. The van der Waals surface area contributed by atoms with E-state index in [4.69, 9.17) is 4.42 Å². The number of aromatic hydroxyl groups is 1. The van der Waals surface area contributed by atoms with E-state index in [-0.39, 0.29) is 18.1 Å². The van der Waals surface area contributed by atoms with E-state index in [0.717, 1.165) is 4.47 Å². The van der Waals surface area contributed by atoms with Gasteiger partial charge in [0.05, 0.1) is 19.0 Å². The van der Waals surface area contributed by atoms with Crippen molar-refractivity contribution >= 4 is 34.0 Å². The Labute approximate surface area is 134 Å². The zero-order valence-corrected chi connectivity index (χ0v) is 12.8. The lowest BCUT2D eigenvalue weighted by molar-refractivity contribution is -0.120. The number of hydrazone groups is 1. The molecule has 0 saturated heterocycles. The Morgan fingerprint density at radius 1 is 1.36 bits per heavy atom. The first-order chi connectivity index (χ1) is 10.6. The molecule has 2 aromatic rings. The number of nitrogens with one attached hydrogen (secondary N) is 2. The zero-order valence-electron chi connectivity index (χ0n) is 11.2. The summed E-state index contributed by atoms with van der Waals surface area (Å²) >= 11 is 3.26. The summed E-state index contributed by atoms with van der Waals surface area (Å²) in [4.78, 5) is 23.0. The number of phenolic OH excluding ortho intramolecular Hbond substituents is 1. The third-order valence-corrected chi connectivity index (χ3v) is 3.03. The number of carbonyl (C=O) groups is 2. The molecule has 8 heteroatoms. The van der Waals surface area contributed by atoms with Crippen molar-refractivity contribution in [2.24, 2.45) is 5.10 Å². The minimum absolute atomic E-state index is 0.0346. The van der Waals surface area contributed by atoms with E-state index in [0.29, 0.717) is 5.56 Å². The van der Waals surface area contributed by atoms with Gasteiger partial charge in [0.25, 0.3) is 11.8 Å². The van der Waals surface area contributed by atoms with E-state index in [1.807, 2.05) is 0 Å². The standard InChI is InChI=1S/C14H12BrN3O4/c15-10-3-4-11(19)9(6-10)7-17-18-13(20)8-16-14(21)12-2-1-5-22-12/h1-7,19H,8H2,(H,16,21)(H,18,20). The normalized spacial score (nSPS) is 10.6. The van der Waals surface area contributed by atoms with E-state index in [2.05, 4.69) is 31.8 Å². The quantitative estimate of drug-likeness (QED) is 0.553. The number of rotatable bonds is 5. The number of hydrogen-bond donors (Lipinski definition) is 3. The van der Waals surface area contributed by atoms with E-state index in [1.54, 1.807) is 18.2 Å². The Hall–Kier alpha value is -2.61. The molecule has 0 saturated carbocycles. The second kappa shape index (κ2) is 7.41. The van der Waals surface area contributed by atoms with Crippen molar-refractivity contribution in [1.29, 1.82) is 0 Å². The Kier molecular flexibility index (Phi) is 5.31. The van der Waals surface area contributed by atoms with Crippen LogP contribution in [0.4, 0.5) is 0 Å². The molecule has 0 aliphatic rings. The maximum absolute atomic E-state index is 11.5. The Morgan fingerprint density at radius 3 is 2.91 bits per heavy atom. The number of halogens is 1. The van der Waals surface area contributed by atoms with E-state index >= 15 is 0 Å². The molecule has 22 heavy (non-hydrogen) atoms. The maximum Gasteiger partial charge on any atom is 0.287 e. The highest BCUT2D eigenvalue weighted by Gasteiger charge is 2.09. The number of benzene rings is 1. The van der Waals surface area contributed by atoms with Crippen molar-refractivity contribution in [2.75, 3.05) is 6.54 Å². The second-order valence-corrected chi connectivity index (χ2v) is 5.07. The number of nitrogens with zero attached hydrogens (tertiary/aromatic N) is 1. The Balaban J connectivity index is 1.81. The Morgan fingerprint density at radius 2 is 2.18 bits per heavy atom. The highest BCUT2D eigenvalue weighted by molar-refractivity contribution is 9.10. The van der Waals surface area contributed by atoms with Crippen LogP contribution in [0.25, 0.3) is 0 Å². The van der Waals surface area contributed by atoms with Gasteiger partial charge < -0.3 is 14.8 Å². The van der Waals surface area contributed by atoms with Crippen LogP contribution in [0.1, 0.15) is 16.1 Å². The van der Waals surface area contributed by atoms with Crippen molar-refractivity contribution in [2.45, 2.75) is 0 Å². The van der Waals surface area contributed by atoms with Crippen LogP contribution in [-0.2, 0) is 4.79 Å². The maximum atomic E-state index is 11.5. The van der Waals surface area contributed by atoms with Gasteiger partial charge in [0.2, 0.25) is 0 Å². The average molecular weight is 366 g/mol. The molecule has 1 heterocycles. The molecule has 7 nitrogen and oxygen atoms in total. The molecule has 3 N–H and O–H groups in total. The molecule has 0 aliphatic heterocycles. The van der Waals surface area contributed by atoms with Crippen LogP contribution in [0, 0.1) is 0 Å². The lowest BCUT2D eigenvalue weighted by Crippen LogP contribution is -2.34. The molecule has 2 rings (SSSR count). The first-order valence-electron chi connectivity index (χ1n) is 6.18. The molecule has 0 spiro atoms. The molecule has 0 fully saturated rings. The van der Waals surface area contributed by atoms with Gasteiger partial charge in [-0.1, -0.05) is 15.9 Å². The van der Waals surface area contributed by atoms with Gasteiger partial charge in [-0.15, -0.1) is 0 Å². The number of amides is 2. The molecule has 0 aliphatic carbocycles. The average Bonchev–Trinajstić information content (AvgIpc) is 3.02. The van der Waals surface area contributed by atoms with Gasteiger partial charge in [0.15, 0.2) is 5.76 Å². The summed E-state index contributed by atoms with van der Waals surface area (Å²) in [6.07, 6.45) is 2.66. The van der Waals surface area contributed by atoms with Gasteiger partial charge >= 0.3 is 0 Å². The summed E-state index contributed by atoms with van der Waals surface area (Å²) in [5, 5.41) is 15.7. The number of furan rings is 1. The van der Waals surface area contributed by atoms with E-state index < -0.39 is 11.8 Å². The summed E-state index contributed by atoms with van der Waals surface area (Å²) in [7, 11) is 0. The van der Waals surface area contributed by atoms with Gasteiger partial charge in [-0.05, 0) is 30.3 Å². The van der Waals surface area contributed by atoms with Gasteiger partial charge in [-0.2, -0.15) is 5.10 Å². The summed E-state index contributed by atoms with van der Waals surface area (Å²) in [6.45, 7) is -0.249. The highest BCUT2D eigenvalue weighted by atomic mass is 79.9. The molecular weight excluding hydrogens is 354 g/mol. The lowest BCUT2D eigenvalue weighted by atomic mass is 10.2. The van der Waals surface area contributed by atoms with Gasteiger partial charge in [0, 0.05) is 10.0 Å². The first kappa shape index (κ1) is 15.8. The van der Waals surface area contributed by atoms with Crippen LogP contribution in [0.2, 0.25) is 0 Å². The smallest absolute Gasteiger partial charge is 0.287 e. The topological polar surface area (TPSA) is 104 Å². The molecule has 0 atom stereocenters. The molecule has 2 amide bonds. The predicted molar refractivity (Wildman–Crippen MR) is 82.6 cm³/mol. The van der Waals surface area contributed by atoms with E-state index in [1.165, 1.54) is 24.6 Å². The third kappa shape index (κ3) is 4.45. The van der Waals surface area contributed by atoms with Crippen molar-refractivity contribution in [1.82, 2.24) is 10.7 Å². The summed E-state index contributed by atoms with van der Waals surface area (Å²) < 4.78 is 5.65. The minimum Gasteiger partial charge on any atom is -0.507 e. The molecule has 1 aromatic carbocycles. The van der Waals surface area contributed by atoms with Crippen LogP contribution >= 0.6 is 15.9 Å². The number of carbonyl (C=O) groups excluding carboxylic acids is 2. The van der Waals surface area contributed by atoms with Crippen LogP contribution < -0.4 is 10.7 Å². The molecular formula is C14H12BrN3O4. The summed E-state index contributed by atoms with van der Waals surface area (Å²) in [5.74, 6) is -0.845. The minimum atomic E-state index is -0.509. The van der Waals surface area contributed by atoms with Crippen molar-refractivity contribution < 1.29 is 19.1 Å². The molecule has 0 unspecified atom stereocenters. The van der Waals surface area contributed by atoms with Crippen LogP contribution in [-0.4, -0.2) is 29.7 Å². The van der Waals surface area contributed by atoms with Gasteiger partial charge in [-0.3, -0.25) is 9.59 Å². The van der Waals surface area contributed by atoms with Crippen LogP contribution in [0.3, 0.4) is 0 Å². The predicted octanol–water partition coefficient (Wildman–Crippen LogP) is 1.63. The second-order valence-electron chi connectivity index (χ2n) is 4.16. The SMILES string of the molecule is O=C(CNC(=O)c1ccco1)NN=Cc1cc(Br)ccc1O. The zero-order chi connectivity index (χ0) is 15.9. The number of hydrogen-bond acceptors (Lipinski definition) is 5. The lowest BCUT2D eigenvalue weighted by Gasteiger charge is -2.02. The number of phenols is 1. The molecule has 1 aromatic heterocycles. The van der Waals surface area contributed by atoms with Crippen LogP contribution in [0.15, 0.2) is 50.6 Å². The monoisotopic (exact) mass is 365 g/mol.